The predicted molar refractivity (Wildman–Crippen MR) is 137 cm³/mol. The van der Waals surface area contributed by atoms with E-state index in [1.165, 1.54) is 0 Å². The summed E-state index contributed by atoms with van der Waals surface area (Å²) in [5, 5.41) is 6.96. The second kappa shape index (κ2) is 10.6. The van der Waals surface area contributed by atoms with Gasteiger partial charge in [0.1, 0.15) is 18.2 Å². The third-order valence-electron chi connectivity index (χ3n) is 6.27. The SMILES string of the molecule is COc1ccc(N[C@@H]2CCCN(c3cncc(Nc4ccc(N5CCOCC5=O)cc4)n3)C2)cc1. The van der Waals surface area contributed by atoms with Crippen LogP contribution in [0.15, 0.2) is 60.9 Å². The van der Waals surface area contributed by atoms with Crippen LogP contribution in [0.1, 0.15) is 12.8 Å². The molecule has 0 unspecified atom stereocenters. The van der Waals surface area contributed by atoms with Crippen LogP contribution in [-0.4, -0.2) is 61.9 Å². The number of nitrogens with zero attached hydrogens (tertiary/aromatic N) is 4. The first kappa shape index (κ1) is 22.9. The number of aromatic nitrogens is 2. The van der Waals surface area contributed by atoms with Crippen LogP contribution in [0.2, 0.25) is 0 Å². The number of benzene rings is 2. The Labute approximate surface area is 205 Å². The summed E-state index contributed by atoms with van der Waals surface area (Å²) in [5.74, 6) is 2.37. The van der Waals surface area contributed by atoms with Crippen molar-refractivity contribution in [2.24, 2.45) is 0 Å². The fourth-order valence-electron chi connectivity index (χ4n) is 4.46. The van der Waals surface area contributed by atoms with Gasteiger partial charge in [-0.3, -0.25) is 9.78 Å². The molecule has 1 aromatic heterocycles. The maximum Gasteiger partial charge on any atom is 0.253 e. The Bertz CT molecular complexity index is 1140. The van der Waals surface area contributed by atoms with E-state index in [2.05, 4.69) is 20.5 Å². The van der Waals surface area contributed by atoms with Crippen molar-refractivity contribution in [1.82, 2.24) is 9.97 Å². The number of morpholine rings is 1. The molecular weight excluding hydrogens is 444 g/mol. The highest BCUT2D eigenvalue weighted by atomic mass is 16.5. The van der Waals surface area contributed by atoms with Crippen molar-refractivity contribution in [2.75, 3.05) is 60.4 Å². The minimum absolute atomic E-state index is 0.0168. The second-order valence-electron chi connectivity index (χ2n) is 8.69. The second-order valence-corrected chi connectivity index (χ2v) is 8.69. The molecule has 182 valence electrons. The lowest BCUT2D eigenvalue weighted by Crippen LogP contribution is -2.42. The lowest BCUT2D eigenvalue weighted by Gasteiger charge is -2.34. The summed E-state index contributed by atoms with van der Waals surface area (Å²) < 4.78 is 10.5. The van der Waals surface area contributed by atoms with Crippen LogP contribution in [-0.2, 0) is 9.53 Å². The Balaban J connectivity index is 1.21. The molecule has 3 heterocycles. The number of carbonyl (C=O) groups excluding carboxylic acids is 1. The van der Waals surface area contributed by atoms with Crippen LogP contribution in [0.4, 0.5) is 28.7 Å². The molecule has 2 aliphatic rings. The van der Waals surface area contributed by atoms with Gasteiger partial charge in [0.05, 0.1) is 26.1 Å². The molecule has 0 radical (unpaired) electrons. The molecule has 9 heteroatoms. The molecule has 0 aliphatic carbocycles. The third kappa shape index (κ3) is 5.63. The lowest BCUT2D eigenvalue weighted by atomic mass is 10.1. The molecule has 0 saturated carbocycles. The predicted octanol–water partition coefficient (Wildman–Crippen LogP) is 3.67. The summed E-state index contributed by atoms with van der Waals surface area (Å²) >= 11 is 0. The minimum Gasteiger partial charge on any atom is -0.497 e. The molecule has 2 aromatic carbocycles. The fourth-order valence-corrected chi connectivity index (χ4v) is 4.46. The van der Waals surface area contributed by atoms with E-state index in [0.29, 0.717) is 25.0 Å². The number of nitrogens with one attached hydrogen (secondary N) is 2. The Morgan fingerprint density at radius 2 is 1.83 bits per heavy atom. The normalized spacial score (nSPS) is 18.3. The maximum absolute atomic E-state index is 12.1. The van der Waals surface area contributed by atoms with Crippen LogP contribution < -0.4 is 25.2 Å². The lowest BCUT2D eigenvalue weighted by molar-refractivity contribution is -0.125. The van der Waals surface area contributed by atoms with E-state index in [4.69, 9.17) is 14.5 Å². The third-order valence-corrected chi connectivity index (χ3v) is 6.27. The topological polar surface area (TPSA) is 91.9 Å². The number of hydrogen-bond acceptors (Lipinski definition) is 8. The highest BCUT2D eigenvalue weighted by Gasteiger charge is 2.22. The van der Waals surface area contributed by atoms with E-state index in [1.807, 2.05) is 54.7 Å². The van der Waals surface area contributed by atoms with Gasteiger partial charge in [0.2, 0.25) is 0 Å². The molecular formula is C26H30N6O3. The molecule has 2 saturated heterocycles. The number of anilines is 5. The molecule has 3 aromatic rings. The standard InChI is InChI=1S/C26H30N6O3/c1-34-23-10-6-19(7-11-23)28-21-3-2-12-31(17-21)25-16-27-15-24(30-25)29-20-4-8-22(9-5-20)32-13-14-35-18-26(32)33/h4-11,15-16,21,28H,2-3,12-14,17-18H2,1H3,(H,29,30)/t21-/m1/s1. The molecule has 1 amide bonds. The Morgan fingerprint density at radius 3 is 2.60 bits per heavy atom. The summed E-state index contributed by atoms with van der Waals surface area (Å²) in [7, 11) is 1.67. The van der Waals surface area contributed by atoms with Crippen molar-refractivity contribution in [3.05, 3.63) is 60.9 Å². The number of carbonyl (C=O) groups is 1. The number of methoxy groups -OCH3 is 1. The molecule has 2 N–H and O–H groups in total. The van der Waals surface area contributed by atoms with Crippen molar-refractivity contribution >= 4 is 34.6 Å². The van der Waals surface area contributed by atoms with Gasteiger partial charge in [0.15, 0.2) is 5.82 Å². The molecule has 0 bridgehead atoms. The zero-order valence-electron chi connectivity index (χ0n) is 19.8. The molecule has 2 aliphatic heterocycles. The molecule has 9 nitrogen and oxygen atoms in total. The maximum atomic E-state index is 12.1. The van der Waals surface area contributed by atoms with Gasteiger partial charge in [-0.25, -0.2) is 4.98 Å². The van der Waals surface area contributed by atoms with E-state index in [1.54, 1.807) is 18.2 Å². The Morgan fingerprint density at radius 1 is 1.03 bits per heavy atom. The van der Waals surface area contributed by atoms with Crippen LogP contribution in [0.25, 0.3) is 0 Å². The summed E-state index contributed by atoms with van der Waals surface area (Å²) in [6.07, 6.45) is 5.72. The largest absolute Gasteiger partial charge is 0.497 e. The first-order valence-electron chi connectivity index (χ1n) is 11.9. The van der Waals surface area contributed by atoms with Gasteiger partial charge in [-0.05, 0) is 61.4 Å². The molecule has 35 heavy (non-hydrogen) atoms. The average molecular weight is 475 g/mol. The number of hydrogen-bond donors (Lipinski definition) is 2. The quantitative estimate of drug-likeness (QED) is 0.536. The summed E-state index contributed by atoms with van der Waals surface area (Å²) in [4.78, 5) is 25.3. The van der Waals surface area contributed by atoms with Gasteiger partial charge >= 0.3 is 0 Å². The zero-order valence-corrected chi connectivity index (χ0v) is 19.8. The van der Waals surface area contributed by atoms with Crippen LogP contribution in [0.3, 0.4) is 0 Å². The highest BCUT2D eigenvalue weighted by molar-refractivity contribution is 5.95. The molecule has 5 rings (SSSR count). The van der Waals surface area contributed by atoms with Gasteiger partial charge < -0.3 is 29.9 Å². The van der Waals surface area contributed by atoms with Gasteiger partial charge in [-0.15, -0.1) is 0 Å². The molecule has 0 spiro atoms. The number of rotatable bonds is 7. The highest BCUT2D eigenvalue weighted by Crippen LogP contribution is 2.25. The van der Waals surface area contributed by atoms with E-state index in [-0.39, 0.29) is 12.5 Å². The zero-order chi connectivity index (χ0) is 24.0. The minimum atomic E-state index is -0.0168. The van der Waals surface area contributed by atoms with Crippen molar-refractivity contribution in [1.29, 1.82) is 0 Å². The average Bonchev–Trinajstić information content (AvgIpc) is 2.90. The Kier molecular flexibility index (Phi) is 6.94. The van der Waals surface area contributed by atoms with Crippen molar-refractivity contribution in [3.63, 3.8) is 0 Å². The van der Waals surface area contributed by atoms with Crippen molar-refractivity contribution < 1.29 is 14.3 Å². The number of ether oxygens (including phenoxy) is 2. The summed E-state index contributed by atoms with van der Waals surface area (Å²) in [6, 6.07) is 16.1. The molecule has 2 fully saturated rings. The monoisotopic (exact) mass is 474 g/mol. The van der Waals surface area contributed by atoms with Crippen LogP contribution >= 0.6 is 0 Å². The van der Waals surface area contributed by atoms with E-state index in [9.17, 15) is 4.79 Å². The number of amides is 1. The summed E-state index contributed by atoms with van der Waals surface area (Å²) in [5.41, 5.74) is 2.84. The fraction of sp³-hybridized carbons (Fsp3) is 0.346. The molecule has 1 atom stereocenters. The van der Waals surface area contributed by atoms with Gasteiger partial charge in [0, 0.05) is 42.7 Å². The Hall–Kier alpha value is -3.85. The van der Waals surface area contributed by atoms with Crippen LogP contribution in [0.5, 0.6) is 5.75 Å². The summed E-state index contributed by atoms with van der Waals surface area (Å²) in [6.45, 7) is 3.06. The van der Waals surface area contributed by atoms with Gasteiger partial charge in [-0.1, -0.05) is 0 Å². The van der Waals surface area contributed by atoms with Crippen molar-refractivity contribution in [3.8, 4) is 5.75 Å². The van der Waals surface area contributed by atoms with Gasteiger partial charge in [-0.2, -0.15) is 0 Å². The van der Waals surface area contributed by atoms with Gasteiger partial charge in [0.25, 0.3) is 5.91 Å². The smallest absolute Gasteiger partial charge is 0.253 e. The first-order valence-corrected chi connectivity index (χ1v) is 11.9. The number of piperidine rings is 1. The van der Waals surface area contributed by atoms with E-state index < -0.39 is 0 Å². The van der Waals surface area contributed by atoms with Crippen molar-refractivity contribution in [2.45, 2.75) is 18.9 Å². The first-order chi connectivity index (χ1) is 17.2. The van der Waals surface area contributed by atoms with Crippen LogP contribution in [0, 0.1) is 0 Å². The van der Waals surface area contributed by atoms with E-state index in [0.717, 1.165) is 54.6 Å². The van der Waals surface area contributed by atoms with E-state index >= 15 is 0 Å².